The highest BCUT2D eigenvalue weighted by atomic mass is 16.5. The number of hydrogen-bond donors (Lipinski definition) is 1. The number of nitrogens with zero attached hydrogens (tertiary/aromatic N) is 1. The van der Waals surface area contributed by atoms with E-state index in [0.29, 0.717) is 19.0 Å². The molecule has 2 atom stereocenters. The van der Waals surface area contributed by atoms with Crippen molar-refractivity contribution < 1.29 is 14.3 Å². The fourth-order valence-electron chi connectivity index (χ4n) is 2.41. The molecule has 0 bridgehead atoms. The Labute approximate surface area is 138 Å². The molecule has 0 aliphatic carbocycles. The molecule has 1 aliphatic rings. The van der Waals surface area contributed by atoms with Crippen LogP contribution >= 0.6 is 0 Å². The van der Waals surface area contributed by atoms with Crippen molar-refractivity contribution >= 4 is 11.8 Å². The van der Waals surface area contributed by atoms with Crippen molar-refractivity contribution in [3.63, 3.8) is 0 Å². The Morgan fingerprint density at radius 2 is 2.13 bits per heavy atom. The van der Waals surface area contributed by atoms with E-state index in [1.807, 2.05) is 32.9 Å². The molecule has 0 aromatic heterocycles. The maximum absolute atomic E-state index is 11.8. The molecular formula is C18H26N2O3. The van der Waals surface area contributed by atoms with E-state index < -0.39 is 0 Å². The second-order valence-electron chi connectivity index (χ2n) is 6.08. The number of amides is 1. The van der Waals surface area contributed by atoms with Gasteiger partial charge >= 0.3 is 0 Å². The lowest BCUT2D eigenvalue weighted by molar-refractivity contribution is -0.120. The Bertz CT molecular complexity index is 584. The molecule has 1 aromatic rings. The van der Waals surface area contributed by atoms with Crippen molar-refractivity contribution in [2.24, 2.45) is 4.99 Å². The van der Waals surface area contributed by atoms with Gasteiger partial charge in [-0.3, -0.25) is 4.79 Å². The van der Waals surface area contributed by atoms with Gasteiger partial charge in [-0.2, -0.15) is 0 Å². The molecule has 5 heteroatoms. The van der Waals surface area contributed by atoms with Gasteiger partial charge in [0, 0.05) is 6.54 Å². The average Bonchev–Trinajstić information content (AvgIpc) is 2.78. The van der Waals surface area contributed by atoms with Gasteiger partial charge in [0.05, 0.1) is 12.6 Å². The smallest absolute Gasteiger partial charge is 0.229 e. The zero-order valence-electron chi connectivity index (χ0n) is 14.4. The third-order valence-corrected chi connectivity index (χ3v) is 3.89. The van der Waals surface area contributed by atoms with Crippen LogP contribution in [0.5, 0.6) is 5.75 Å². The first-order valence-electron chi connectivity index (χ1n) is 8.16. The zero-order chi connectivity index (χ0) is 16.8. The summed E-state index contributed by atoms with van der Waals surface area (Å²) in [5.74, 6) is 1.38. The topological polar surface area (TPSA) is 59.9 Å². The fourth-order valence-corrected chi connectivity index (χ4v) is 2.41. The molecule has 1 aromatic carbocycles. The zero-order valence-corrected chi connectivity index (χ0v) is 14.4. The van der Waals surface area contributed by atoms with Crippen LogP contribution in [-0.4, -0.2) is 37.1 Å². The number of aliphatic imine (C=N–C) groups is 1. The molecule has 0 saturated carbocycles. The first-order valence-corrected chi connectivity index (χ1v) is 8.16. The van der Waals surface area contributed by atoms with Crippen LogP contribution in [0.2, 0.25) is 0 Å². The van der Waals surface area contributed by atoms with Gasteiger partial charge in [0.25, 0.3) is 0 Å². The Balaban J connectivity index is 1.62. The standard InChI is InChI=1S/C18H26N2O3/c1-12-6-7-16(13(2)10-12)22-9-5-8-19-17(21)11-18-20-14(3)15(4)23-18/h6-7,10,14-15H,5,8-9,11H2,1-4H3,(H,19,21). The first-order chi connectivity index (χ1) is 11.0. The third-order valence-electron chi connectivity index (χ3n) is 3.89. The van der Waals surface area contributed by atoms with E-state index in [2.05, 4.69) is 23.3 Å². The SMILES string of the molecule is Cc1ccc(OCCCNC(=O)CC2=NC(C)C(C)O2)c(C)c1. The van der Waals surface area contributed by atoms with Crippen molar-refractivity contribution in [3.8, 4) is 5.75 Å². The summed E-state index contributed by atoms with van der Waals surface area (Å²) in [7, 11) is 0. The fraction of sp³-hybridized carbons (Fsp3) is 0.556. The van der Waals surface area contributed by atoms with Crippen LogP contribution in [0.4, 0.5) is 0 Å². The predicted molar refractivity (Wildman–Crippen MR) is 91.1 cm³/mol. The van der Waals surface area contributed by atoms with Crippen molar-refractivity contribution in [1.29, 1.82) is 0 Å². The molecule has 23 heavy (non-hydrogen) atoms. The minimum atomic E-state index is -0.0587. The largest absolute Gasteiger partial charge is 0.493 e. The molecule has 1 aliphatic heterocycles. The average molecular weight is 318 g/mol. The molecule has 0 radical (unpaired) electrons. The molecule has 1 heterocycles. The summed E-state index contributed by atoms with van der Waals surface area (Å²) in [6.45, 7) is 9.21. The van der Waals surface area contributed by atoms with Crippen LogP contribution in [0.3, 0.4) is 0 Å². The van der Waals surface area contributed by atoms with Crippen LogP contribution in [0.15, 0.2) is 23.2 Å². The molecule has 0 fully saturated rings. The van der Waals surface area contributed by atoms with Crippen molar-refractivity contribution in [3.05, 3.63) is 29.3 Å². The summed E-state index contributed by atoms with van der Waals surface area (Å²) in [6.07, 6.45) is 1.04. The molecule has 0 spiro atoms. The van der Waals surface area contributed by atoms with E-state index in [0.717, 1.165) is 17.7 Å². The molecule has 2 unspecified atom stereocenters. The van der Waals surface area contributed by atoms with Gasteiger partial charge in [0.2, 0.25) is 5.91 Å². The van der Waals surface area contributed by atoms with Crippen LogP contribution < -0.4 is 10.1 Å². The van der Waals surface area contributed by atoms with E-state index in [-0.39, 0.29) is 24.5 Å². The van der Waals surface area contributed by atoms with E-state index in [1.54, 1.807) is 0 Å². The number of aryl methyl sites for hydroxylation is 2. The van der Waals surface area contributed by atoms with E-state index in [4.69, 9.17) is 9.47 Å². The van der Waals surface area contributed by atoms with Crippen LogP contribution in [0.1, 0.15) is 37.8 Å². The van der Waals surface area contributed by atoms with Crippen molar-refractivity contribution in [2.45, 2.75) is 52.7 Å². The molecular weight excluding hydrogens is 292 g/mol. The monoisotopic (exact) mass is 318 g/mol. The number of rotatable bonds is 7. The molecule has 2 rings (SSSR count). The van der Waals surface area contributed by atoms with Gasteiger partial charge in [-0.25, -0.2) is 4.99 Å². The second kappa shape index (κ2) is 7.99. The lowest BCUT2D eigenvalue weighted by atomic mass is 10.1. The minimum absolute atomic E-state index is 0.0587. The summed E-state index contributed by atoms with van der Waals surface area (Å²) in [5, 5.41) is 2.87. The summed E-state index contributed by atoms with van der Waals surface area (Å²) >= 11 is 0. The lowest BCUT2D eigenvalue weighted by Crippen LogP contribution is -2.28. The lowest BCUT2D eigenvalue weighted by Gasteiger charge is -2.10. The van der Waals surface area contributed by atoms with Gasteiger partial charge < -0.3 is 14.8 Å². The van der Waals surface area contributed by atoms with E-state index in [9.17, 15) is 4.79 Å². The number of nitrogens with one attached hydrogen (secondary N) is 1. The van der Waals surface area contributed by atoms with Gasteiger partial charge in [-0.15, -0.1) is 0 Å². The van der Waals surface area contributed by atoms with Gasteiger partial charge in [-0.05, 0) is 45.7 Å². The maximum atomic E-state index is 11.8. The predicted octanol–water partition coefficient (Wildman–Crippen LogP) is 2.78. The summed E-state index contributed by atoms with van der Waals surface area (Å²) in [6, 6.07) is 6.25. The number of benzene rings is 1. The Hall–Kier alpha value is -2.04. The van der Waals surface area contributed by atoms with Crippen molar-refractivity contribution in [1.82, 2.24) is 5.32 Å². The maximum Gasteiger partial charge on any atom is 0.229 e. The van der Waals surface area contributed by atoms with Gasteiger partial charge in [0.1, 0.15) is 18.3 Å². The highest BCUT2D eigenvalue weighted by Crippen LogP contribution is 2.18. The van der Waals surface area contributed by atoms with Gasteiger partial charge in [0.15, 0.2) is 5.90 Å². The molecule has 5 nitrogen and oxygen atoms in total. The summed E-state index contributed by atoms with van der Waals surface area (Å²) in [5.41, 5.74) is 2.36. The van der Waals surface area contributed by atoms with Crippen molar-refractivity contribution in [2.75, 3.05) is 13.2 Å². The molecule has 0 saturated heterocycles. The van der Waals surface area contributed by atoms with Crippen LogP contribution in [0.25, 0.3) is 0 Å². The van der Waals surface area contributed by atoms with Gasteiger partial charge in [-0.1, -0.05) is 17.7 Å². The Kier molecular flexibility index (Phi) is 6.02. The van der Waals surface area contributed by atoms with E-state index >= 15 is 0 Å². The number of ether oxygens (including phenoxy) is 2. The summed E-state index contributed by atoms with van der Waals surface area (Å²) < 4.78 is 11.3. The number of carbonyl (C=O) groups is 1. The molecule has 1 amide bonds. The number of hydrogen-bond acceptors (Lipinski definition) is 4. The Morgan fingerprint density at radius 3 is 2.78 bits per heavy atom. The first kappa shape index (κ1) is 17.3. The van der Waals surface area contributed by atoms with E-state index in [1.165, 1.54) is 5.56 Å². The minimum Gasteiger partial charge on any atom is -0.493 e. The van der Waals surface area contributed by atoms with Crippen LogP contribution in [-0.2, 0) is 9.53 Å². The number of carbonyl (C=O) groups excluding carboxylic acids is 1. The second-order valence-corrected chi connectivity index (χ2v) is 6.08. The normalized spacial score (nSPS) is 19.9. The quantitative estimate of drug-likeness (QED) is 0.786. The molecule has 1 N–H and O–H groups in total. The summed E-state index contributed by atoms with van der Waals surface area (Å²) in [4.78, 5) is 16.1. The highest BCUT2D eigenvalue weighted by Gasteiger charge is 2.24. The molecule has 126 valence electrons. The Morgan fingerprint density at radius 1 is 1.35 bits per heavy atom. The van der Waals surface area contributed by atoms with Crippen LogP contribution in [0, 0.1) is 13.8 Å². The highest BCUT2D eigenvalue weighted by molar-refractivity contribution is 5.97. The third kappa shape index (κ3) is 5.27.